The highest BCUT2D eigenvalue weighted by Gasteiger charge is 2.42. The van der Waals surface area contributed by atoms with Crippen LogP contribution < -0.4 is 9.47 Å². The molecule has 1 aliphatic rings. The second kappa shape index (κ2) is 9.23. The lowest BCUT2D eigenvalue weighted by Gasteiger charge is -2.42. The number of aliphatic hydroxyl groups is 1. The minimum absolute atomic E-state index is 0.0117. The van der Waals surface area contributed by atoms with Crippen LogP contribution in [0.4, 0.5) is 4.79 Å². The molecule has 0 saturated carbocycles. The van der Waals surface area contributed by atoms with E-state index in [-0.39, 0.29) is 12.0 Å². The highest BCUT2D eigenvalue weighted by Crippen LogP contribution is 2.42. The van der Waals surface area contributed by atoms with Crippen LogP contribution in [0, 0.1) is 5.92 Å². The van der Waals surface area contributed by atoms with Gasteiger partial charge in [0.2, 0.25) is 0 Å². The zero-order valence-electron chi connectivity index (χ0n) is 17.6. The number of piperidine rings is 1. The topological polar surface area (TPSA) is 59.0 Å². The van der Waals surface area contributed by atoms with Gasteiger partial charge in [0.05, 0.1) is 7.11 Å². The molecule has 0 bridgehead atoms. The van der Waals surface area contributed by atoms with E-state index in [1.54, 1.807) is 36.3 Å². The molecule has 0 aromatic heterocycles. The summed E-state index contributed by atoms with van der Waals surface area (Å²) in [7, 11) is 1.59. The summed E-state index contributed by atoms with van der Waals surface area (Å²) in [5.41, 5.74) is 0.648. The van der Waals surface area contributed by atoms with Gasteiger partial charge in [-0.25, -0.2) is 4.79 Å². The molecule has 1 amide bonds. The first-order chi connectivity index (χ1) is 15.1. The molecule has 1 saturated heterocycles. The Kier molecular flexibility index (Phi) is 6.23. The number of nitrogens with zero attached hydrogens (tertiary/aromatic N) is 1. The molecule has 0 spiro atoms. The molecule has 1 heterocycles. The SMILES string of the molecule is COc1ccc(OC(=O)N2CCC(C(O)(c3ccccc3)c3ccccc3)CC2)cc1. The molecular formula is C26H27NO4. The molecule has 0 radical (unpaired) electrons. The predicted molar refractivity (Wildman–Crippen MR) is 119 cm³/mol. The van der Waals surface area contributed by atoms with Gasteiger partial charge in [0.1, 0.15) is 17.1 Å². The molecule has 3 aromatic rings. The molecular weight excluding hydrogens is 390 g/mol. The summed E-state index contributed by atoms with van der Waals surface area (Å²) in [6, 6.07) is 26.5. The molecule has 1 fully saturated rings. The van der Waals surface area contributed by atoms with E-state index in [0.717, 1.165) is 11.1 Å². The Morgan fingerprint density at radius 1 is 0.839 bits per heavy atom. The van der Waals surface area contributed by atoms with Crippen LogP contribution in [0.15, 0.2) is 84.9 Å². The van der Waals surface area contributed by atoms with Crippen molar-refractivity contribution in [2.75, 3.05) is 20.2 Å². The Hall–Kier alpha value is -3.31. The van der Waals surface area contributed by atoms with E-state index in [9.17, 15) is 9.90 Å². The third kappa shape index (κ3) is 4.42. The summed E-state index contributed by atoms with van der Waals surface area (Å²) < 4.78 is 10.6. The number of amides is 1. The van der Waals surface area contributed by atoms with Crippen molar-refractivity contribution in [3.05, 3.63) is 96.1 Å². The second-order valence-electron chi connectivity index (χ2n) is 7.80. The zero-order chi connectivity index (χ0) is 21.7. The number of ether oxygens (including phenoxy) is 2. The van der Waals surface area contributed by atoms with E-state index >= 15 is 0 Å². The van der Waals surface area contributed by atoms with Crippen molar-refractivity contribution in [3.8, 4) is 11.5 Å². The fraction of sp³-hybridized carbons (Fsp3) is 0.269. The molecule has 3 aromatic carbocycles. The van der Waals surface area contributed by atoms with Crippen LogP contribution in [0.3, 0.4) is 0 Å². The Morgan fingerprint density at radius 2 is 1.32 bits per heavy atom. The number of benzene rings is 3. The van der Waals surface area contributed by atoms with Crippen LogP contribution in [-0.2, 0) is 5.60 Å². The van der Waals surface area contributed by atoms with Crippen molar-refractivity contribution in [3.63, 3.8) is 0 Å². The molecule has 5 nitrogen and oxygen atoms in total. The van der Waals surface area contributed by atoms with Crippen molar-refractivity contribution >= 4 is 6.09 Å². The highest BCUT2D eigenvalue weighted by molar-refractivity contribution is 5.70. The highest BCUT2D eigenvalue weighted by atomic mass is 16.6. The average molecular weight is 418 g/mol. The lowest BCUT2D eigenvalue weighted by Crippen LogP contribution is -2.46. The van der Waals surface area contributed by atoms with Crippen LogP contribution in [0.2, 0.25) is 0 Å². The minimum atomic E-state index is -1.10. The van der Waals surface area contributed by atoms with Crippen molar-refractivity contribution < 1.29 is 19.4 Å². The number of methoxy groups -OCH3 is 1. The largest absolute Gasteiger partial charge is 0.497 e. The van der Waals surface area contributed by atoms with Gasteiger partial charge in [-0.2, -0.15) is 0 Å². The summed E-state index contributed by atoms with van der Waals surface area (Å²) in [6.07, 6.45) is 0.988. The van der Waals surface area contributed by atoms with Gasteiger partial charge in [0.15, 0.2) is 0 Å². The van der Waals surface area contributed by atoms with Gasteiger partial charge >= 0.3 is 6.09 Å². The van der Waals surface area contributed by atoms with Gasteiger partial charge in [-0.1, -0.05) is 60.7 Å². The summed E-state index contributed by atoms with van der Waals surface area (Å²) in [5.74, 6) is 1.18. The first kappa shape index (κ1) is 20.9. The Morgan fingerprint density at radius 3 is 1.81 bits per heavy atom. The van der Waals surface area contributed by atoms with Gasteiger partial charge in [-0.15, -0.1) is 0 Å². The third-order valence-corrected chi connectivity index (χ3v) is 6.04. The number of carbonyl (C=O) groups is 1. The molecule has 4 rings (SSSR count). The number of carbonyl (C=O) groups excluding carboxylic acids is 1. The Labute approximate surface area is 182 Å². The fourth-order valence-corrected chi connectivity index (χ4v) is 4.31. The molecule has 0 aliphatic carbocycles. The Bertz CT molecular complexity index is 941. The molecule has 5 heteroatoms. The number of hydrogen-bond acceptors (Lipinski definition) is 4. The maximum atomic E-state index is 12.6. The summed E-state index contributed by atoms with van der Waals surface area (Å²) in [5, 5.41) is 11.9. The van der Waals surface area contributed by atoms with Crippen molar-refractivity contribution in [2.45, 2.75) is 18.4 Å². The maximum Gasteiger partial charge on any atom is 0.415 e. The van der Waals surface area contributed by atoms with Crippen LogP contribution in [0.5, 0.6) is 11.5 Å². The number of rotatable bonds is 5. The molecule has 0 unspecified atom stereocenters. The number of hydrogen-bond donors (Lipinski definition) is 1. The first-order valence-corrected chi connectivity index (χ1v) is 10.6. The quantitative estimate of drug-likeness (QED) is 0.645. The molecule has 160 valence electrons. The Balaban J connectivity index is 1.47. The summed E-state index contributed by atoms with van der Waals surface area (Å²) >= 11 is 0. The van der Waals surface area contributed by atoms with Gasteiger partial charge in [0, 0.05) is 13.1 Å². The lowest BCUT2D eigenvalue weighted by molar-refractivity contribution is -0.0115. The molecule has 31 heavy (non-hydrogen) atoms. The van der Waals surface area contributed by atoms with Crippen LogP contribution in [0.1, 0.15) is 24.0 Å². The van der Waals surface area contributed by atoms with E-state index < -0.39 is 5.60 Å². The van der Waals surface area contributed by atoms with Gasteiger partial charge < -0.3 is 19.5 Å². The van der Waals surface area contributed by atoms with E-state index in [1.165, 1.54) is 0 Å². The van der Waals surface area contributed by atoms with Gasteiger partial charge in [-0.05, 0) is 54.2 Å². The standard InChI is InChI=1S/C26H27NO4/c1-30-23-12-14-24(15-13-23)31-25(28)27-18-16-22(17-19-27)26(29,20-8-4-2-5-9-20)21-10-6-3-7-11-21/h2-15,22,29H,16-19H2,1H3. The molecule has 1 aliphatic heterocycles. The third-order valence-electron chi connectivity index (χ3n) is 6.04. The number of likely N-dealkylation sites (tertiary alicyclic amines) is 1. The van der Waals surface area contributed by atoms with E-state index in [4.69, 9.17) is 9.47 Å². The van der Waals surface area contributed by atoms with Crippen LogP contribution in [-0.4, -0.2) is 36.3 Å². The van der Waals surface area contributed by atoms with E-state index in [2.05, 4.69) is 0 Å². The second-order valence-corrected chi connectivity index (χ2v) is 7.80. The fourth-order valence-electron chi connectivity index (χ4n) is 4.31. The van der Waals surface area contributed by atoms with Crippen molar-refractivity contribution in [1.29, 1.82) is 0 Å². The van der Waals surface area contributed by atoms with Crippen molar-refractivity contribution in [1.82, 2.24) is 4.90 Å². The first-order valence-electron chi connectivity index (χ1n) is 10.6. The van der Waals surface area contributed by atoms with Crippen molar-refractivity contribution in [2.24, 2.45) is 5.92 Å². The predicted octanol–water partition coefficient (Wildman–Crippen LogP) is 4.84. The summed E-state index contributed by atoms with van der Waals surface area (Å²) in [6.45, 7) is 1.06. The smallest absolute Gasteiger partial charge is 0.415 e. The zero-order valence-corrected chi connectivity index (χ0v) is 17.6. The normalized spacial score (nSPS) is 14.8. The van der Waals surface area contributed by atoms with E-state index in [0.29, 0.717) is 37.4 Å². The van der Waals surface area contributed by atoms with Gasteiger partial charge in [-0.3, -0.25) is 0 Å². The monoisotopic (exact) mass is 417 g/mol. The minimum Gasteiger partial charge on any atom is -0.497 e. The maximum absolute atomic E-state index is 12.6. The lowest BCUT2D eigenvalue weighted by atomic mass is 9.72. The van der Waals surface area contributed by atoms with Crippen LogP contribution in [0.25, 0.3) is 0 Å². The van der Waals surface area contributed by atoms with E-state index in [1.807, 2.05) is 60.7 Å². The molecule has 1 N–H and O–H groups in total. The summed E-state index contributed by atoms with van der Waals surface area (Å²) in [4.78, 5) is 14.3. The van der Waals surface area contributed by atoms with Crippen LogP contribution >= 0.6 is 0 Å². The molecule has 0 atom stereocenters. The van der Waals surface area contributed by atoms with Gasteiger partial charge in [0.25, 0.3) is 0 Å². The average Bonchev–Trinajstić information content (AvgIpc) is 2.85.